The third-order valence-electron chi connectivity index (χ3n) is 3.14. The quantitative estimate of drug-likeness (QED) is 0.630. The second-order valence-electron chi connectivity index (χ2n) is 4.68. The first kappa shape index (κ1) is 9.44. The molecule has 2 saturated heterocycles. The van der Waals surface area contributed by atoms with Crippen LogP contribution >= 0.6 is 0 Å². The topological polar surface area (TPSA) is 42.0 Å². The number of hydrogen-bond donors (Lipinski definition) is 1. The molecule has 0 radical (unpaired) electrons. The van der Waals surface area contributed by atoms with Crippen molar-refractivity contribution in [1.29, 1.82) is 0 Å². The molecule has 2 aliphatic heterocycles. The van der Waals surface area contributed by atoms with Crippen LogP contribution in [0.1, 0.15) is 40.0 Å². The molecule has 3 atom stereocenters. The second kappa shape index (κ2) is 2.69. The van der Waals surface area contributed by atoms with E-state index in [1.54, 1.807) is 0 Å². The second-order valence-corrected chi connectivity index (χ2v) is 4.68. The van der Waals surface area contributed by atoms with E-state index >= 15 is 0 Å². The lowest BCUT2D eigenvalue weighted by molar-refractivity contribution is -0.148. The smallest absolute Gasteiger partial charge is 0.222 e. The third kappa shape index (κ3) is 1.39. The van der Waals surface area contributed by atoms with Crippen molar-refractivity contribution in [3.05, 3.63) is 0 Å². The van der Waals surface area contributed by atoms with Gasteiger partial charge in [0.1, 0.15) is 11.7 Å². The van der Waals surface area contributed by atoms with E-state index in [9.17, 15) is 5.11 Å². The molecule has 0 saturated carbocycles. The molecule has 13 heavy (non-hydrogen) atoms. The minimum absolute atomic E-state index is 0.133. The normalized spacial score (nSPS) is 48.9. The van der Waals surface area contributed by atoms with Crippen molar-refractivity contribution < 1.29 is 14.6 Å². The van der Waals surface area contributed by atoms with Gasteiger partial charge in [0.05, 0.1) is 6.10 Å². The summed E-state index contributed by atoms with van der Waals surface area (Å²) in [7, 11) is 0. The van der Waals surface area contributed by atoms with Gasteiger partial charge in [-0.2, -0.15) is 0 Å². The van der Waals surface area contributed by atoms with Crippen LogP contribution in [0, 0.1) is 0 Å². The molecular weight excluding hydrogens is 168 g/mol. The standard InChI is InChI=1S/C10H18O3/c1-7-5-4-6-8(12-7)10(11)9(2,3)13-10/h7-8,11H,4-6H2,1-3H3. The van der Waals surface area contributed by atoms with Gasteiger partial charge in [-0.05, 0) is 40.0 Å². The van der Waals surface area contributed by atoms with Crippen LogP contribution in [0.4, 0.5) is 0 Å². The van der Waals surface area contributed by atoms with E-state index in [1.165, 1.54) is 0 Å². The summed E-state index contributed by atoms with van der Waals surface area (Å²) in [6.45, 7) is 5.84. The summed E-state index contributed by atoms with van der Waals surface area (Å²) in [6, 6.07) is 0. The molecule has 76 valence electrons. The summed E-state index contributed by atoms with van der Waals surface area (Å²) in [6.07, 6.45) is 3.24. The summed E-state index contributed by atoms with van der Waals surface area (Å²) in [5.74, 6) is -1.03. The van der Waals surface area contributed by atoms with Crippen molar-refractivity contribution in [3.8, 4) is 0 Å². The lowest BCUT2D eigenvalue weighted by Gasteiger charge is -2.30. The van der Waals surface area contributed by atoms with Crippen LogP contribution in [0.2, 0.25) is 0 Å². The van der Waals surface area contributed by atoms with Gasteiger partial charge >= 0.3 is 0 Å². The summed E-state index contributed by atoms with van der Waals surface area (Å²) in [4.78, 5) is 0. The fraction of sp³-hybridized carbons (Fsp3) is 1.00. The lowest BCUT2D eigenvalue weighted by atomic mass is 9.94. The van der Waals surface area contributed by atoms with E-state index in [4.69, 9.17) is 9.47 Å². The Balaban J connectivity index is 2.02. The molecule has 3 unspecified atom stereocenters. The molecule has 2 heterocycles. The van der Waals surface area contributed by atoms with Crippen molar-refractivity contribution in [2.24, 2.45) is 0 Å². The van der Waals surface area contributed by atoms with Gasteiger partial charge in [-0.25, -0.2) is 0 Å². The summed E-state index contributed by atoms with van der Waals surface area (Å²) >= 11 is 0. The van der Waals surface area contributed by atoms with E-state index < -0.39 is 11.4 Å². The fourth-order valence-electron chi connectivity index (χ4n) is 2.11. The Morgan fingerprint density at radius 1 is 1.31 bits per heavy atom. The molecule has 0 aromatic carbocycles. The average molecular weight is 186 g/mol. The van der Waals surface area contributed by atoms with Crippen LogP contribution < -0.4 is 0 Å². The first-order valence-electron chi connectivity index (χ1n) is 5.04. The molecule has 3 heteroatoms. The maximum absolute atomic E-state index is 10.1. The van der Waals surface area contributed by atoms with E-state index in [2.05, 4.69) is 0 Å². The van der Waals surface area contributed by atoms with Gasteiger partial charge in [0, 0.05) is 0 Å². The number of rotatable bonds is 1. The van der Waals surface area contributed by atoms with Crippen LogP contribution in [0.5, 0.6) is 0 Å². The highest BCUT2D eigenvalue weighted by atomic mass is 16.8. The first-order valence-corrected chi connectivity index (χ1v) is 5.04. The van der Waals surface area contributed by atoms with Gasteiger partial charge < -0.3 is 14.6 Å². The molecule has 2 rings (SSSR count). The highest BCUT2D eigenvalue weighted by Crippen LogP contribution is 2.50. The molecule has 2 aliphatic rings. The monoisotopic (exact) mass is 186 g/mol. The van der Waals surface area contributed by atoms with Gasteiger partial charge in [-0.15, -0.1) is 0 Å². The Morgan fingerprint density at radius 3 is 2.38 bits per heavy atom. The van der Waals surface area contributed by atoms with Crippen LogP contribution in [-0.4, -0.2) is 28.7 Å². The molecule has 1 N–H and O–H groups in total. The van der Waals surface area contributed by atoms with E-state index in [0.717, 1.165) is 19.3 Å². The minimum Gasteiger partial charge on any atom is -0.370 e. The van der Waals surface area contributed by atoms with Gasteiger partial charge in [-0.3, -0.25) is 0 Å². The molecule has 0 aliphatic carbocycles. The zero-order valence-corrected chi connectivity index (χ0v) is 8.54. The van der Waals surface area contributed by atoms with E-state index in [-0.39, 0.29) is 12.2 Å². The van der Waals surface area contributed by atoms with Crippen molar-refractivity contribution in [2.45, 2.75) is 63.6 Å². The zero-order valence-electron chi connectivity index (χ0n) is 8.54. The Kier molecular flexibility index (Phi) is 1.95. The average Bonchev–Trinajstić information content (AvgIpc) is 2.53. The van der Waals surface area contributed by atoms with Crippen molar-refractivity contribution in [3.63, 3.8) is 0 Å². The molecule has 2 fully saturated rings. The van der Waals surface area contributed by atoms with E-state index in [0.29, 0.717) is 0 Å². The van der Waals surface area contributed by atoms with Gasteiger partial charge in [-0.1, -0.05) is 0 Å². The molecule has 0 bridgehead atoms. The first-order chi connectivity index (χ1) is 5.96. The van der Waals surface area contributed by atoms with E-state index in [1.807, 2.05) is 20.8 Å². The number of epoxide rings is 1. The van der Waals surface area contributed by atoms with Gasteiger partial charge in [0.2, 0.25) is 5.79 Å². The van der Waals surface area contributed by atoms with Crippen LogP contribution in [-0.2, 0) is 9.47 Å². The minimum atomic E-state index is -1.03. The lowest BCUT2D eigenvalue weighted by Crippen LogP contribution is -2.41. The Labute approximate surface area is 79.0 Å². The van der Waals surface area contributed by atoms with Crippen molar-refractivity contribution in [2.75, 3.05) is 0 Å². The zero-order chi connectivity index (χ0) is 9.69. The molecular formula is C10H18O3. The van der Waals surface area contributed by atoms with Crippen LogP contribution in [0.15, 0.2) is 0 Å². The highest BCUT2D eigenvalue weighted by Gasteiger charge is 2.68. The predicted octanol–water partition coefficient (Wildman–Crippen LogP) is 1.44. The summed E-state index contributed by atoms with van der Waals surface area (Å²) < 4.78 is 11.0. The Hall–Kier alpha value is -0.120. The SMILES string of the molecule is CC1CCCC(C2(O)OC2(C)C)O1. The molecule has 0 aromatic heterocycles. The van der Waals surface area contributed by atoms with Crippen molar-refractivity contribution >= 4 is 0 Å². The Bertz CT molecular complexity index is 214. The van der Waals surface area contributed by atoms with Crippen molar-refractivity contribution in [1.82, 2.24) is 0 Å². The number of aliphatic hydroxyl groups is 1. The molecule has 3 nitrogen and oxygen atoms in total. The van der Waals surface area contributed by atoms with Crippen LogP contribution in [0.3, 0.4) is 0 Å². The maximum atomic E-state index is 10.1. The molecule has 0 amide bonds. The maximum Gasteiger partial charge on any atom is 0.222 e. The van der Waals surface area contributed by atoms with Crippen LogP contribution in [0.25, 0.3) is 0 Å². The number of ether oxygens (including phenoxy) is 2. The van der Waals surface area contributed by atoms with Gasteiger partial charge in [0.15, 0.2) is 0 Å². The summed E-state index contributed by atoms with van der Waals surface area (Å²) in [5.41, 5.74) is -0.422. The summed E-state index contributed by atoms with van der Waals surface area (Å²) in [5, 5.41) is 10.1. The third-order valence-corrected chi connectivity index (χ3v) is 3.14. The molecule has 0 spiro atoms. The Morgan fingerprint density at radius 2 is 1.92 bits per heavy atom. The highest BCUT2D eigenvalue weighted by molar-refractivity contribution is 5.08. The predicted molar refractivity (Wildman–Crippen MR) is 48.3 cm³/mol. The number of hydrogen-bond acceptors (Lipinski definition) is 3. The largest absolute Gasteiger partial charge is 0.370 e. The molecule has 0 aromatic rings. The fourth-order valence-corrected chi connectivity index (χ4v) is 2.11. The van der Waals surface area contributed by atoms with Gasteiger partial charge in [0.25, 0.3) is 0 Å².